The van der Waals surface area contributed by atoms with E-state index in [9.17, 15) is 23.1 Å². The number of benzene rings is 1. The maximum Gasteiger partial charge on any atom is 0.433 e. The van der Waals surface area contributed by atoms with Crippen LogP contribution in [0.2, 0.25) is 10.0 Å². The third kappa shape index (κ3) is 7.38. The van der Waals surface area contributed by atoms with Gasteiger partial charge in [-0.25, -0.2) is 4.98 Å². The van der Waals surface area contributed by atoms with E-state index in [-0.39, 0.29) is 23.6 Å². The molecular weight excluding hydrogens is 492 g/mol. The van der Waals surface area contributed by atoms with E-state index in [1.807, 2.05) is 6.07 Å². The van der Waals surface area contributed by atoms with Crippen molar-refractivity contribution in [2.24, 2.45) is 0 Å². The summed E-state index contributed by atoms with van der Waals surface area (Å²) in [4.78, 5) is 21.1. The van der Waals surface area contributed by atoms with Crippen molar-refractivity contribution in [3.8, 4) is 5.88 Å². The summed E-state index contributed by atoms with van der Waals surface area (Å²) in [5.41, 5.74) is -0.268. The van der Waals surface area contributed by atoms with Crippen LogP contribution in [0.3, 0.4) is 0 Å². The van der Waals surface area contributed by atoms with Gasteiger partial charge in [0.2, 0.25) is 11.8 Å². The van der Waals surface area contributed by atoms with Crippen molar-refractivity contribution in [2.45, 2.75) is 24.0 Å². The predicted octanol–water partition coefficient (Wildman–Crippen LogP) is 3.62. The molecule has 1 saturated heterocycles. The van der Waals surface area contributed by atoms with Gasteiger partial charge in [0.05, 0.1) is 28.5 Å². The topological polar surface area (TPSA) is 87.6 Å². The largest absolute Gasteiger partial charge is 0.493 e. The van der Waals surface area contributed by atoms with Crippen LogP contribution in [-0.4, -0.2) is 64.0 Å². The van der Waals surface area contributed by atoms with E-state index >= 15 is 0 Å². The van der Waals surface area contributed by atoms with E-state index in [0.717, 1.165) is 12.1 Å². The number of aromatic nitrogens is 2. The fraction of sp³-hybridized carbons (Fsp3) is 0.421. The molecule has 1 aromatic heterocycles. The van der Waals surface area contributed by atoms with Gasteiger partial charge in [-0.2, -0.15) is 18.2 Å². The van der Waals surface area contributed by atoms with Gasteiger partial charge in [0.25, 0.3) is 0 Å². The summed E-state index contributed by atoms with van der Waals surface area (Å²) in [5.74, 6) is -1.44. The molecule has 0 spiro atoms. The zero-order valence-corrected chi connectivity index (χ0v) is 18.9. The molecule has 7 nitrogen and oxygen atoms in total. The second-order valence-electron chi connectivity index (χ2n) is 6.96. The minimum atomic E-state index is -4.72. The fourth-order valence-electron chi connectivity index (χ4n) is 2.98. The zero-order chi connectivity index (χ0) is 23.3. The molecule has 0 saturated carbocycles. The van der Waals surface area contributed by atoms with Crippen molar-refractivity contribution in [2.75, 3.05) is 32.0 Å². The van der Waals surface area contributed by atoms with Crippen LogP contribution in [-0.2, 0) is 22.3 Å². The van der Waals surface area contributed by atoms with Gasteiger partial charge in [0, 0.05) is 32.2 Å². The Kier molecular flexibility index (Phi) is 8.45. The second kappa shape index (κ2) is 10.9. The molecule has 0 radical (unpaired) electrons. The monoisotopic (exact) mass is 510 g/mol. The molecule has 1 amide bonds. The molecule has 2 aromatic rings. The number of aromatic hydroxyl groups is 1. The number of carbonyl (C=O) groups excluding carboxylic acids is 1. The molecule has 1 unspecified atom stereocenters. The molecule has 2 N–H and O–H groups in total. The summed E-state index contributed by atoms with van der Waals surface area (Å²) in [7, 11) is 0. The Balaban J connectivity index is 1.45. The molecule has 3 rings (SSSR count). The highest BCUT2D eigenvalue weighted by molar-refractivity contribution is 7.99. The number of hydrogen-bond acceptors (Lipinski definition) is 7. The first-order chi connectivity index (χ1) is 15.1. The van der Waals surface area contributed by atoms with E-state index in [0.29, 0.717) is 47.6 Å². The summed E-state index contributed by atoms with van der Waals surface area (Å²) in [6.07, 6.45) is -4.96. The lowest BCUT2D eigenvalue weighted by atomic mass is 10.2. The Morgan fingerprint density at radius 2 is 2.06 bits per heavy atom. The number of nitrogens with one attached hydrogen (secondary N) is 1. The number of alkyl halides is 3. The average Bonchev–Trinajstić information content (AvgIpc) is 2.73. The fourth-order valence-corrected chi connectivity index (χ4v) is 3.98. The summed E-state index contributed by atoms with van der Waals surface area (Å²) in [5, 5.41) is 12.7. The Morgan fingerprint density at radius 3 is 2.78 bits per heavy atom. The maximum absolute atomic E-state index is 12.8. The van der Waals surface area contributed by atoms with Gasteiger partial charge in [0.1, 0.15) is 0 Å². The molecule has 32 heavy (non-hydrogen) atoms. The molecule has 1 aliphatic rings. The highest BCUT2D eigenvalue weighted by atomic mass is 35.5. The summed E-state index contributed by atoms with van der Waals surface area (Å²) < 4.78 is 44.0. The van der Waals surface area contributed by atoms with Crippen LogP contribution in [0.4, 0.5) is 13.2 Å². The van der Waals surface area contributed by atoms with Gasteiger partial charge in [-0.3, -0.25) is 9.69 Å². The standard InChI is InChI=1S/C19H19Cl2F3N4O3S/c20-13-2-1-11(5-14(13)21)8-28-3-4-31-12(9-28)7-25-17(30)10-32-18-26-15(19(22,23)24)6-16(29)27-18/h1-2,5-6,12H,3-4,7-10H2,(H,25,30)(H,26,27,29). The molecule has 1 fully saturated rings. The number of rotatable bonds is 7. The molecule has 2 heterocycles. The smallest absolute Gasteiger partial charge is 0.433 e. The van der Waals surface area contributed by atoms with Crippen LogP contribution in [0.25, 0.3) is 0 Å². The van der Waals surface area contributed by atoms with Crippen LogP contribution < -0.4 is 5.32 Å². The first kappa shape index (κ1) is 24.8. The number of hydrogen-bond donors (Lipinski definition) is 2. The third-order valence-corrected chi connectivity index (χ3v) is 6.04. The van der Waals surface area contributed by atoms with Gasteiger partial charge >= 0.3 is 6.18 Å². The van der Waals surface area contributed by atoms with E-state index in [1.54, 1.807) is 12.1 Å². The number of ether oxygens (including phenoxy) is 1. The number of nitrogens with zero attached hydrogens (tertiary/aromatic N) is 3. The first-order valence-corrected chi connectivity index (χ1v) is 11.2. The summed E-state index contributed by atoms with van der Waals surface area (Å²) in [6.45, 7) is 2.69. The molecule has 174 valence electrons. The van der Waals surface area contributed by atoms with Crippen molar-refractivity contribution in [1.82, 2.24) is 20.2 Å². The second-order valence-corrected chi connectivity index (χ2v) is 8.72. The lowest BCUT2D eigenvalue weighted by Gasteiger charge is -2.33. The van der Waals surface area contributed by atoms with Crippen LogP contribution in [0.5, 0.6) is 5.88 Å². The lowest BCUT2D eigenvalue weighted by molar-refractivity contribution is -0.141. The van der Waals surface area contributed by atoms with Crippen molar-refractivity contribution in [3.63, 3.8) is 0 Å². The van der Waals surface area contributed by atoms with E-state index in [2.05, 4.69) is 20.2 Å². The molecule has 1 atom stereocenters. The molecule has 0 aliphatic carbocycles. The Morgan fingerprint density at radius 1 is 1.28 bits per heavy atom. The van der Waals surface area contributed by atoms with Gasteiger partial charge < -0.3 is 15.2 Å². The van der Waals surface area contributed by atoms with Crippen LogP contribution in [0.1, 0.15) is 11.3 Å². The van der Waals surface area contributed by atoms with Crippen molar-refractivity contribution < 1.29 is 27.8 Å². The Hall–Kier alpha value is -1.79. The van der Waals surface area contributed by atoms with Crippen molar-refractivity contribution in [3.05, 3.63) is 45.6 Å². The number of morpholine rings is 1. The van der Waals surface area contributed by atoms with Gasteiger partial charge in [-0.1, -0.05) is 41.0 Å². The van der Waals surface area contributed by atoms with Gasteiger partial charge in [0.15, 0.2) is 10.9 Å². The molecule has 13 heteroatoms. The van der Waals surface area contributed by atoms with Gasteiger partial charge in [-0.15, -0.1) is 0 Å². The summed E-state index contributed by atoms with van der Waals surface area (Å²) in [6, 6.07) is 5.86. The Labute approximate surface area is 196 Å². The van der Waals surface area contributed by atoms with Gasteiger partial charge in [-0.05, 0) is 17.7 Å². The minimum Gasteiger partial charge on any atom is -0.493 e. The number of halogens is 5. The number of amides is 1. The normalized spacial score (nSPS) is 17.3. The molecule has 1 aromatic carbocycles. The average molecular weight is 511 g/mol. The van der Waals surface area contributed by atoms with Crippen molar-refractivity contribution >= 4 is 40.9 Å². The van der Waals surface area contributed by atoms with Crippen LogP contribution in [0, 0.1) is 0 Å². The van der Waals surface area contributed by atoms with E-state index < -0.39 is 23.7 Å². The Bertz CT molecular complexity index is 968. The summed E-state index contributed by atoms with van der Waals surface area (Å²) >= 11 is 12.7. The highest BCUT2D eigenvalue weighted by Gasteiger charge is 2.34. The SMILES string of the molecule is O=C(CSc1nc(O)cc(C(F)(F)F)n1)NCC1CN(Cc2ccc(Cl)c(Cl)c2)CCO1. The first-order valence-electron chi connectivity index (χ1n) is 9.43. The lowest BCUT2D eigenvalue weighted by Crippen LogP contribution is -2.47. The predicted molar refractivity (Wildman–Crippen MR) is 114 cm³/mol. The van der Waals surface area contributed by atoms with E-state index in [4.69, 9.17) is 27.9 Å². The molecule has 0 bridgehead atoms. The van der Waals surface area contributed by atoms with Crippen LogP contribution in [0.15, 0.2) is 29.4 Å². The minimum absolute atomic E-state index is 0.208. The highest BCUT2D eigenvalue weighted by Crippen LogP contribution is 2.30. The van der Waals surface area contributed by atoms with Crippen molar-refractivity contribution in [1.29, 1.82) is 0 Å². The zero-order valence-electron chi connectivity index (χ0n) is 16.5. The third-order valence-electron chi connectivity index (χ3n) is 4.45. The quantitative estimate of drug-likeness (QED) is 0.434. The van der Waals surface area contributed by atoms with E-state index in [1.165, 1.54) is 0 Å². The number of thioether (sulfide) groups is 1. The van der Waals surface area contributed by atoms with Crippen LogP contribution >= 0.6 is 35.0 Å². The molecular formula is C19H19Cl2F3N4O3S. The number of carbonyl (C=O) groups is 1. The maximum atomic E-state index is 12.8. The molecule has 1 aliphatic heterocycles.